The summed E-state index contributed by atoms with van der Waals surface area (Å²) in [6, 6.07) is -0.355. The number of nitrogens with zero attached hydrogens (tertiary/aromatic N) is 3. The maximum atomic E-state index is 11.7. The number of nitrogens with two attached hydrogens (primary N) is 1. The maximum absolute atomic E-state index is 11.7. The number of nitrogen functional groups attached to an aromatic ring is 1. The van der Waals surface area contributed by atoms with Crippen LogP contribution in [0.25, 0.3) is 0 Å². The predicted octanol–water partition coefficient (Wildman–Crippen LogP) is 0.206. The van der Waals surface area contributed by atoms with Crippen LogP contribution >= 0.6 is 0 Å². The van der Waals surface area contributed by atoms with Crippen molar-refractivity contribution in [2.75, 3.05) is 17.2 Å². The minimum atomic E-state index is -0.450. The second-order valence-electron chi connectivity index (χ2n) is 5.08. The van der Waals surface area contributed by atoms with Crippen LogP contribution in [0.2, 0.25) is 0 Å². The molecule has 2 amide bonds. The molecule has 0 aliphatic carbocycles. The number of carbonyl (C=O) groups excluding carboxylic acids is 2. The fraction of sp³-hybridized carbons (Fsp3) is 0.583. The zero-order valence-electron chi connectivity index (χ0n) is 11.6. The third-order valence-corrected chi connectivity index (χ3v) is 3.29. The number of aromatic nitrogens is 2. The standard InChI is InChI=1S/C12H19N5O2/c1-6(2)17-12(10(13)7(3)15-17)16-5-9(18)14-11(19)8(16)4/h6,8H,5,13H2,1-4H3,(H,14,18,19). The molecule has 1 unspecified atom stereocenters. The molecule has 1 atom stereocenters. The molecule has 0 saturated carbocycles. The average molecular weight is 265 g/mol. The molecular formula is C12H19N5O2. The van der Waals surface area contributed by atoms with Crippen LogP contribution in [-0.4, -0.2) is 34.2 Å². The van der Waals surface area contributed by atoms with E-state index in [9.17, 15) is 9.59 Å². The lowest BCUT2D eigenvalue weighted by atomic mass is 10.2. The van der Waals surface area contributed by atoms with Crippen molar-refractivity contribution >= 4 is 23.3 Å². The van der Waals surface area contributed by atoms with Gasteiger partial charge in [0.05, 0.1) is 17.9 Å². The normalized spacial score (nSPS) is 20.1. The fourth-order valence-corrected chi connectivity index (χ4v) is 2.17. The molecule has 1 fully saturated rings. The van der Waals surface area contributed by atoms with Crippen LogP contribution in [0.5, 0.6) is 0 Å². The number of hydrogen-bond acceptors (Lipinski definition) is 5. The number of piperazine rings is 1. The molecule has 0 spiro atoms. The van der Waals surface area contributed by atoms with Gasteiger partial charge in [-0.25, -0.2) is 4.68 Å². The van der Waals surface area contributed by atoms with E-state index in [4.69, 9.17) is 5.73 Å². The van der Waals surface area contributed by atoms with Crippen LogP contribution < -0.4 is 16.0 Å². The van der Waals surface area contributed by atoms with Crippen molar-refractivity contribution in [1.82, 2.24) is 15.1 Å². The van der Waals surface area contributed by atoms with Gasteiger partial charge >= 0.3 is 0 Å². The minimum absolute atomic E-state index is 0.0956. The molecule has 1 aliphatic heterocycles. The number of amides is 2. The monoisotopic (exact) mass is 265 g/mol. The smallest absolute Gasteiger partial charge is 0.249 e. The van der Waals surface area contributed by atoms with E-state index in [1.807, 2.05) is 20.8 Å². The zero-order valence-corrected chi connectivity index (χ0v) is 11.6. The highest BCUT2D eigenvalue weighted by atomic mass is 16.2. The molecule has 1 aromatic rings. The molecule has 1 aliphatic rings. The quantitative estimate of drug-likeness (QED) is 0.745. The molecule has 0 radical (unpaired) electrons. The molecule has 7 heteroatoms. The molecule has 19 heavy (non-hydrogen) atoms. The Morgan fingerprint density at radius 1 is 1.42 bits per heavy atom. The van der Waals surface area contributed by atoms with Gasteiger partial charge in [-0.15, -0.1) is 0 Å². The summed E-state index contributed by atoms with van der Waals surface area (Å²) >= 11 is 0. The lowest BCUT2D eigenvalue weighted by Gasteiger charge is -2.34. The van der Waals surface area contributed by atoms with E-state index >= 15 is 0 Å². The van der Waals surface area contributed by atoms with Crippen LogP contribution in [-0.2, 0) is 9.59 Å². The Hall–Kier alpha value is -2.05. The Kier molecular flexibility index (Phi) is 3.21. The molecule has 7 nitrogen and oxygen atoms in total. The Bertz CT molecular complexity index is 534. The number of carbonyl (C=O) groups is 2. The van der Waals surface area contributed by atoms with Crippen LogP contribution in [0.15, 0.2) is 0 Å². The summed E-state index contributed by atoms with van der Waals surface area (Å²) < 4.78 is 1.76. The van der Waals surface area contributed by atoms with E-state index in [0.717, 1.165) is 0 Å². The van der Waals surface area contributed by atoms with Crippen molar-refractivity contribution in [2.24, 2.45) is 0 Å². The number of anilines is 2. The summed E-state index contributed by atoms with van der Waals surface area (Å²) in [5.74, 6) is 0.00432. The summed E-state index contributed by atoms with van der Waals surface area (Å²) in [7, 11) is 0. The Balaban J connectivity index is 2.51. The topological polar surface area (TPSA) is 93.2 Å². The number of nitrogens with one attached hydrogen (secondary N) is 1. The van der Waals surface area contributed by atoms with Gasteiger partial charge in [-0.3, -0.25) is 14.9 Å². The number of hydrogen-bond donors (Lipinski definition) is 2. The summed E-state index contributed by atoms with van der Waals surface area (Å²) in [5.41, 5.74) is 7.28. The van der Waals surface area contributed by atoms with Crippen molar-refractivity contribution in [3.63, 3.8) is 0 Å². The zero-order chi connectivity index (χ0) is 14.3. The first-order valence-electron chi connectivity index (χ1n) is 6.27. The second-order valence-corrected chi connectivity index (χ2v) is 5.08. The van der Waals surface area contributed by atoms with Gasteiger partial charge in [0.25, 0.3) is 0 Å². The Morgan fingerprint density at radius 3 is 2.63 bits per heavy atom. The van der Waals surface area contributed by atoms with E-state index < -0.39 is 6.04 Å². The highest BCUT2D eigenvalue weighted by Gasteiger charge is 2.34. The van der Waals surface area contributed by atoms with E-state index in [1.54, 1.807) is 16.5 Å². The molecule has 1 aromatic heterocycles. The van der Waals surface area contributed by atoms with E-state index in [-0.39, 0.29) is 24.4 Å². The van der Waals surface area contributed by atoms with Crippen molar-refractivity contribution < 1.29 is 9.59 Å². The van der Waals surface area contributed by atoms with Gasteiger partial charge in [-0.05, 0) is 27.7 Å². The lowest BCUT2D eigenvalue weighted by molar-refractivity contribution is -0.132. The molecule has 1 saturated heterocycles. The van der Waals surface area contributed by atoms with Crippen LogP contribution in [0, 0.1) is 6.92 Å². The summed E-state index contributed by atoms with van der Waals surface area (Å²) in [6.45, 7) is 7.62. The first-order chi connectivity index (χ1) is 8.82. The van der Waals surface area contributed by atoms with Crippen molar-refractivity contribution in [1.29, 1.82) is 0 Å². The van der Waals surface area contributed by atoms with Crippen LogP contribution in [0.3, 0.4) is 0 Å². The largest absolute Gasteiger partial charge is 0.394 e. The highest BCUT2D eigenvalue weighted by Crippen LogP contribution is 2.31. The van der Waals surface area contributed by atoms with E-state index in [0.29, 0.717) is 17.2 Å². The molecule has 2 rings (SSSR count). The average Bonchev–Trinajstić information content (AvgIpc) is 2.61. The lowest BCUT2D eigenvalue weighted by Crippen LogP contribution is -2.57. The SMILES string of the molecule is Cc1nn(C(C)C)c(N2CC(=O)NC(=O)C2C)c1N. The minimum Gasteiger partial charge on any atom is -0.394 e. The Labute approximate surface area is 111 Å². The van der Waals surface area contributed by atoms with Crippen LogP contribution in [0.1, 0.15) is 32.5 Å². The van der Waals surface area contributed by atoms with Gasteiger partial charge in [0.15, 0.2) is 5.82 Å². The third-order valence-electron chi connectivity index (χ3n) is 3.29. The highest BCUT2D eigenvalue weighted by molar-refractivity contribution is 6.04. The molecule has 2 heterocycles. The van der Waals surface area contributed by atoms with E-state index in [1.165, 1.54) is 0 Å². The van der Waals surface area contributed by atoms with Crippen molar-refractivity contribution in [3.8, 4) is 0 Å². The van der Waals surface area contributed by atoms with Crippen LogP contribution in [0.4, 0.5) is 11.5 Å². The van der Waals surface area contributed by atoms with E-state index in [2.05, 4.69) is 10.4 Å². The molecule has 3 N–H and O–H groups in total. The Morgan fingerprint density at radius 2 is 2.05 bits per heavy atom. The van der Waals surface area contributed by atoms with Gasteiger partial charge in [-0.2, -0.15) is 5.10 Å². The summed E-state index contributed by atoms with van der Waals surface area (Å²) in [6.07, 6.45) is 0. The number of rotatable bonds is 2. The molecule has 104 valence electrons. The summed E-state index contributed by atoms with van der Waals surface area (Å²) in [5, 5.41) is 6.69. The third kappa shape index (κ3) is 2.16. The molecule has 0 bridgehead atoms. The molecular weight excluding hydrogens is 246 g/mol. The first kappa shape index (κ1) is 13.4. The van der Waals surface area contributed by atoms with Gasteiger partial charge < -0.3 is 10.6 Å². The number of imide groups is 1. The predicted molar refractivity (Wildman–Crippen MR) is 71.7 cm³/mol. The van der Waals surface area contributed by atoms with Crippen molar-refractivity contribution in [2.45, 2.75) is 39.8 Å². The van der Waals surface area contributed by atoms with Gasteiger partial charge in [0.1, 0.15) is 6.04 Å². The second kappa shape index (κ2) is 4.56. The van der Waals surface area contributed by atoms with Crippen molar-refractivity contribution in [3.05, 3.63) is 5.69 Å². The maximum Gasteiger partial charge on any atom is 0.249 e. The van der Waals surface area contributed by atoms with Gasteiger partial charge in [0.2, 0.25) is 11.8 Å². The van der Waals surface area contributed by atoms with Gasteiger partial charge in [-0.1, -0.05) is 0 Å². The number of aryl methyl sites for hydroxylation is 1. The van der Waals surface area contributed by atoms with Gasteiger partial charge in [0, 0.05) is 6.04 Å². The fourth-order valence-electron chi connectivity index (χ4n) is 2.17. The summed E-state index contributed by atoms with van der Waals surface area (Å²) in [4.78, 5) is 25.0. The molecule has 0 aromatic carbocycles. The first-order valence-corrected chi connectivity index (χ1v) is 6.27.